The number of allylic oxidation sites excluding steroid dienone is 1. The SMILES string of the molecule is CCC(=O)C1=CN(C)C(c2ccccc2)S1. The van der Waals surface area contributed by atoms with Crippen LogP contribution in [-0.2, 0) is 4.79 Å². The summed E-state index contributed by atoms with van der Waals surface area (Å²) in [6, 6.07) is 10.3. The number of thioether (sulfide) groups is 1. The van der Waals surface area contributed by atoms with Crippen molar-refractivity contribution in [1.29, 1.82) is 0 Å². The summed E-state index contributed by atoms with van der Waals surface area (Å²) in [6.45, 7) is 1.90. The molecule has 3 heteroatoms. The fraction of sp³-hybridized carbons (Fsp3) is 0.308. The van der Waals surface area contributed by atoms with Crippen LogP contribution < -0.4 is 0 Å². The number of benzene rings is 1. The third-order valence-corrected chi connectivity index (χ3v) is 4.03. The van der Waals surface area contributed by atoms with E-state index < -0.39 is 0 Å². The molecule has 1 aliphatic heterocycles. The van der Waals surface area contributed by atoms with Gasteiger partial charge in [0.25, 0.3) is 0 Å². The first-order valence-electron chi connectivity index (χ1n) is 5.41. The maximum Gasteiger partial charge on any atom is 0.170 e. The van der Waals surface area contributed by atoms with Crippen LogP contribution in [0.15, 0.2) is 41.4 Å². The Kier molecular flexibility index (Phi) is 3.34. The molecule has 1 atom stereocenters. The zero-order chi connectivity index (χ0) is 11.5. The fourth-order valence-corrected chi connectivity index (χ4v) is 2.98. The number of rotatable bonds is 3. The van der Waals surface area contributed by atoms with Crippen LogP contribution >= 0.6 is 11.8 Å². The van der Waals surface area contributed by atoms with E-state index >= 15 is 0 Å². The molecular weight excluding hydrogens is 218 g/mol. The van der Waals surface area contributed by atoms with Crippen LogP contribution in [0.25, 0.3) is 0 Å². The lowest BCUT2D eigenvalue weighted by Crippen LogP contribution is -2.11. The molecule has 0 fully saturated rings. The van der Waals surface area contributed by atoms with Crippen molar-refractivity contribution in [2.45, 2.75) is 18.7 Å². The molecule has 0 saturated carbocycles. The van der Waals surface area contributed by atoms with Crippen molar-refractivity contribution >= 4 is 17.5 Å². The molecule has 0 amide bonds. The van der Waals surface area contributed by atoms with Crippen LogP contribution in [0.5, 0.6) is 0 Å². The summed E-state index contributed by atoms with van der Waals surface area (Å²) in [5.74, 6) is 0.232. The molecule has 1 aromatic carbocycles. The van der Waals surface area contributed by atoms with Crippen molar-refractivity contribution in [3.8, 4) is 0 Å². The van der Waals surface area contributed by atoms with E-state index in [4.69, 9.17) is 0 Å². The van der Waals surface area contributed by atoms with E-state index in [1.165, 1.54) is 5.56 Å². The van der Waals surface area contributed by atoms with Gasteiger partial charge in [-0.05, 0) is 5.56 Å². The van der Waals surface area contributed by atoms with Gasteiger partial charge in [-0.25, -0.2) is 0 Å². The number of nitrogens with zero attached hydrogens (tertiary/aromatic N) is 1. The number of hydrogen-bond acceptors (Lipinski definition) is 3. The van der Waals surface area contributed by atoms with Crippen molar-refractivity contribution in [3.63, 3.8) is 0 Å². The highest BCUT2D eigenvalue weighted by Gasteiger charge is 2.26. The second-order valence-corrected chi connectivity index (χ2v) is 4.94. The van der Waals surface area contributed by atoms with Gasteiger partial charge >= 0.3 is 0 Å². The molecule has 1 aromatic rings. The smallest absolute Gasteiger partial charge is 0.170 e. The van der Waals surface area contributed by atoms with Gasteiger partial charge in [0.2, 0.25) is 0 Å². The summed E-state index contributed by atoms with van der Waals surface area (Å²) in [6.07, 6.45) is 2.53. The predicted molar refractivity (Wildman–Crippen MR) is 67.9 cm³/mol. The van der Waals surface area contributed by atoms with Crippen LogP contribution in [0.2, 0.25) is 0 Å². The Morgan fingerprint density at radius 2 is 2.06 bits per heavy atom. The maximum atomic E-state index is 11.6. The minimum absolute atomic E-state index is 0.232. The standard InChI is InChI=1S/C13H15NOS/c1-3-11(15)12-9-14(2)13(16-12)10-7-5-4-6-8-10/h4-9,13H,3H2,1-2H3. The third-order valence-electron chi connectivity index (χ3n) is 2.61. The lowest BCUT2D eigenvalue weighted by atomic mass is 10.2. The zero-order valence-electron chi connectivity index (χ0n) is 9.51. The summed E-state index contributed by atoms with van der Waals surface area (Å²) < 4.78 is 0. The molecule has 0 aliphatic carbocycles. The molecule has 1 aliphatic rings. The molecule has 2 rings (SSSR count). The third kappa shape index (κ3) is 2.14. The summed E-state index contributed by atoms with van der Waals surface area (Å²) in [7, 11) is 2.01. The first-order valence-corrected chi connectivity index (χ1v) is 6.29. The zero-order valence-corrected chi connectivity index (χ0v) is 10.3. The fourth-order valence-electron chi connectivity index (χ4n) is 1.72. The van der Waals surface area contributed by atoms with Crippen LogP contribution in [0.1, 0.15) is 24.3 Å². The first-order chi connectivity index (χ1) is 7.72. The van der Waals surface area contributed by atoms with Crippen molar-refractivity contribution in [1.82, 2.24) is 4.90 Å². The van der Waals surface area contributed by atoms with E-state index in [-0.39, 0.29) is 11.2 Å². The molecule has 84 valence electrons. The van der Waals surface area contributed by atoms with Gasteiger partial charge in [0.1, 0.15) is 5.37 Å². The second kappa shape index (κ2) is 4.74. The summed E-state index contributed by atoms with van der Waals surface area (Å²) in [4.78, 5) is 14.6. The monoisotopic (exact) mass is 233 g/mol. The lowest BCUT2D eigenvalue weighted by Gasteiger charge is -2.19. The maximum absolute atomic E-state index is 11.6. The van der Waals surface area contributed by atoms with Gasteiger partial charge in [-0.15, -0.1) is 0 Å². The minimum Gasteiger partial charge on any atom is -0.363 e. The van der Waals surface area contributed by atoms with E-state index in [0.717, 1.165) is 4.91 Å². The molecule has 1 heterocycles. The predicted octanol–water partition coefficient (Wildman–Crippen LogP) is 3.18. The number of Topliss-reactive ketones (excluding diaryl/α,β-unsaturated/α-hetero) is 1. The summed E-state index contributed by atoms with van der Waals surface area (Å²) in [5, 5.41) is 0.242. The van der Waals surface area contributed by atoms with Crippen LogP contribution in [0.3, 0.4) is 0 Å². The molecule has 0 bridgehead atoms. The molecule has 0 aromatic heterocycles. The highest BCUT2D eigenvalue weighted by Crippen LogP contribution is 2.43. The molecule has 16 heavy (non-hydrogen) atoms. The van der Waals surface area contributed by atoms with Crippen LogP contribution in [-0.4, -0.2) is 17.7 Å². The number of carbonyl (C=O) groups excluding carboxylic acids is 1. The van der Waals surface area contributed by atoms with E-state index in [9.17, 15) is 4.79 Å². The molecule has 0 saturated heterocycles. The summed E-state index contributed by atoms with van der Waals surface area (Å²) >= 11 is 1.64. The van der Waals surface area contributed by atoms with E-state index in [2.05, 4.69) is 17.0 Å². The van der Waals surface area contributed by atoms with Crippen LogP contribution in [0, 0.1) is 0 Å². The van der Waals surface area contributed by atoms with Crippen molar-refractivity contribution < 1.29 is 4.79 Å². The minimum atomic E-state index is 0.232. The number of carbonyl (C=O) groups is 1. The Morgan fingerprint density at radius 3 is 2.69 bits per heavy atom. The lowest BCUT2D eigenvalue weighted by molar-refractivity contribution is -0.114. The Hall–Kier alpha value is -1.22. The van der Waals surface area contributed by atoms with Crippen molar-refractivity contribution in [3.05, 3.63) is 47.0 Å². The molecule has 0 N–H and O–H groups in total. The Bertz CT molecular complexity index is 413. The normalized spacial score (nSPS) is 19.8. The van der Waals surface area contributed by atoms with Gasteiger partial charge in [-0.3, -0.25) is 4.79 Å². The second-order valence-electron chi connectivity index (χ2n) is 3.82. The van der Waals surface area contributed by atoms with Gasteiger partial charge in [-0.2, -0.15) is 0 Å². The van der Waals surface area contributed by atoms with Gasteiger partial charge in [0.15, 0.2) is 5.78 Å². The topological polar surface area (TPSA) is 20.3 Å². The van der Waals surface area contributed by atoms with E-state index in [1.54, 1.807) is 11.8 Å². The highest BCUT2D eigenvalue weighted by atomic mass is 32.2. The quantitative estimate of drug-likeness (QED) is 0.799. The molecule has 0 radical (unpaired) electrons. The van der Waals surface area contributed by atoms with Gasteiger partial charge < -0.3 is 4.90 Å². The molecular formula is C13H15NOS. The van der Waals surface area contributed by atoms with Crippen molar-refractivity contribution in [2.75, 3.05) is 7.05 Å². The Labute approximate surface area is 100 Å². The average Bonchev–Trinajstić information content (AvgIpc) is 2.71. The van der Waals surface area contributed by atoms with Crippen molar-refractivity contribution in [2.24, 2.45) is 0 Å². The Morgan fingerprint density at radius 1 is 1.38 bits per heavy atom. The van der Waals surface area contributed by atoms with Gasteiger partial charge in [0, 0.05) is 19.7 Å². The molecule has 2 nitrogen and oxygen atoms in total. The van der Waals surface area contributed by atoms with Gasteiger partial charge in [0.05, 0.1) is 4.91 Å². The van der Waals surface area contributed by atoms with E-state index in [0.29, 0.717) is 6.42 Å². The Balaban J connectivity index is 2.16. The largest absolute Gasteiger partial charge is 0.363 e. The number of ketones is 1. The highest BCUT2D eigenvalue weighted by molar-refractivity contribution is 8.04. The average molecular weight is 233 g/mol. The first kappa shape index (κ1) is 11.3. The van der Waals surface area contributed by atoms with Crippen LogP contribution in [0.4, 0.5) is 0 Å². The van der Waals surface area contributed by atoms with Gasteiger partial charge in [-0.1, -0.05) is 49.0 Å². The van der Waals surface area contributed by atoms with E-state index in [1.807, 2.05) is 38.4 Å². The number of hydrogen-bond donors (Lipinski definition) is 0. The summed E-state index contributed by atoms with van der Waals surface area (Å²) in [5.41, 5.74) is 1.24. The molecule has 1 unspecified atom stereocenters. The molecule has 0 spiro atoms.